The first kappa shape index (κ1) is 12.4. The van der Waals surface area contributed by atoms with Crippen LogP contribution in [0.5, 0.6) is 5.75 Å². The molecule has 1 aromatic carbocycles. The zero-order valence-corrected chi connectivity index (χ0v) is 10.6. The highest BCUT2D eigenvalue weighted by molar-refractivity contribution is 5.27. The molecule has 1 fully saturated rings. The predicted molar refractivity (Wildman–Crippen MR) is 68.4 cm³/mol. The minimum Gasteiger partial charge on any atom is -0.492 e. The van der Waals surface area contributed by atoms with Crippen LogP contribution in [0.15, 0.2) is 24.3 Å². The molecular weight excluding hydrogens is 214 g/mol. The minimum atomic E-state index is -0.511. The van der Waals surface area contributed by atoms with Crippen molar-refractivity contribution < 1.29 is 9.84 Å². The average Bonchev–Trinajstić information content (AvgIpc) is 2.58. The van der Waals surface area contributed by atoms with Crippen LogP contribution in [0, 0.1) is 6.92 Å². The zero-order chi connectivity index (χ0) is 12.3. The van der Waals surface area contributed by atoms with E-state index in [0.29, 0.717) is 6.61 Å². The summed E-state index contributed by atoms with van der Waals surface area (Å²) < 4.78 is 5.69. The van der Waals surface area contributed by atoms with Gasteiger partial charge in [-0.1, -0.05) is 12.1 Å². The smallest absolute Gasteiger partial charge is 0.119 e. The van der Waals surface area contributed by atoms with Gasteiger partial charge in [0, 0.05) is 19.6 Å². The quantitative estimate of drug-likeness (QED) is 0.864. The van der Waals surface area contributed by atoms with Crippen LogP contribution in [0.4, 0.5) is 0 Å². The number of aryl methyl sites for hydroxylation is 1. The Morgan fingerprint density at radius 3 is 2.94 bits per heavy atom. The fourth-order valence-corrected chi connectivity index (χ4v) is 2.23. The van der Waals surface area contributed by atoms with Gasteiger partial charge in [-0.3, -0.25) is 4.90 Å². The number of benzene rings is 1. The summed E-state index contributed by atoms with van der Waals surface area (Å²) in [6.07, 6.45) is 0.859. The van der Waals surface area contributed by atoms with Gasteiger partial charge >= 0.3 is 0 Å². The van der Waals surface area contributed by atoms with Crippen molar-refractivity contribution in [3.8, 4) is 5.75 Å². The average molecular weight is 235 g/mol. The third kappa shape index (κ3) is 3.72. The fourth-order valence-electron chi connectivity index (χ4n) is 2.23. The summed E-state index contributed by atoms with van der Waals surface area (Å²) in [4.78, 5) is 2.25. The maximum atomic E-state index is 9.84. The summed E-state index contributed by atoms with van der Waals surface area (Å²) in [7, 11) is 0. The van der Waals surface area contributed by atoms with E-state index in [1.165, 1.54) is 5.56 Å². The molecular formula is C14H21NO2. The number of hydrogen-bond donors (Lipinski definition) is 1. The van der Waals surface area contributed by atoms with Gasteiger partial charge in [0.25, 0.3) is 0 Å². The Morgan fingerprint density at radius 1 is 1.47 bits per heavy atom. The molecule has 94 valence electrons. The van der Waals surface area contributed by atoms with Crippen LogP contribution in [0.1, 0.15) is 18.9 Å². The molecule has 3 nitrogen and oxygen atoms in total. The third-order valence-corrected chi connectivity index (χ3v) is 3.20. The second-order valence-electron chi connectivity index (χ2n) is 5.19. The molecule has 1 unspecified atom stereocenters. The zero-order valence-electron chi connectivity index (χ0n) is 10.6. The van der Waals surface area contributed by atoms with Gasteiger partial charge in [0.1, 0.15) is 12.4 Å². The van der Waals surface area contributed by atoms with Gasteiger partial charge in [-0.15, -0.1) is 0 Å². The largest absolute Gasteiger partial charge is 0.492 e. The Kier molecular flexibility index (Phi) is 3.69. The molecule has 1 N–H and O–H groups in total. The third-order valence-electron chi connectivity index (χ3n) is 3.20. The van der Waals surface area contributed by atoms with E-state index < -0.39 is 5.60 Å². The highest BCUT2D eigenvalue weighted by Crippen LogP contribution is 2.19. The number of likely N-dealkylation sites (tertiary alicyclic amines) is 1. The van der Waals surface area contributed by atoms with Crippen LogP contribution in [-0.4, -0.2) is 41.8 Å². The number of aliphatic hydroxyl groups is 1. The second kappa shape index (κ2) is 5.07. The predicted octanol–water partition coefficient (Wildman–Crippen LogP) is 1.83. The molecule has 1 aromatic rings. The lowest BCUT2D eigenvalue weighted by atomic mass is 10.1. The molecule has 1 aliphatic heterocycles. The van der Waals surface area contributed by atoms with Crippen LogP contribution in [-0.2, 0) is 0 Å². The van der Waals surface area contributed by atoms with Crippen LogP contribution in [0.25, 0.3) is 0 Å². The van der Waals surface area contributed by atoms with Crippen LogP contribution in [0.3, 0.4) is 0 Å². The summed E-state index contributed by atoms with van der Waals surface area (Å²) in [6.45, 7) is 7.23. The topological polar surface area (TPSA) is 32.7 Å². The van der Waals surface area contributed by atoms with Crippen LogP contribution in [0.2, 0.25) is 0 Å². The van der Waals surface area contributed by atoms with E-state index in [4.69, 9.17) is 4.74 Å². The van der Waals surface area contributed by atoms with E-state index in [1.54, 1.807) is 0 Å². The Bertz CT molecular complexity index is 376. The monoisotopic (exact) mass is 235 g/mol. The molecule has 1 heterocycles. The van der Waals surface area contributed by atoms with E-state index in [-0.39, 0.29) is 0 Å². The lowest BCUT2D eigenvalue weighted by Crippen LogP contribution is -2.32. The summed E-state index contributed by atoms with van der Waals surface area (Å²) >= 11 is 0. The molecule has 3 heteroatoms. The summed E-state index contributed by atoms with van der Waals surface area (Å²) in [6, 6.07) is 8.09. The van der Waals surface area contributed by atoms with Gasteiger partial charge < -0.3 is 9.84 Å². The van der Waals surface area contributed by atoms with E-state index in [2.05, 4.69) is 17.9 Å². The van der Waals surface area contributed by atoms with E-state index in [9.17, 15) is 5.11 Å². The summed E-state index contributed by atoms with van der Waals surface area (Å²) in [5, 5.41) is 9.84. The van der Waals surface area contributed by atoms with Crippen molar-refractivity contribution in [3.05, 3.63) is 29.8 Å². The van der Waals surface area contributed by atoms with Crippen molar-refractivity contribution in [2.24, 2.45) is 0 Å². The lowest BCUT2D eigenvalue weighted by Gasteiger charge is -2.18. The van der Waals surface area contributed by atoms with Crippen molar-refractivity contribution in [2.75, 3.05) is 26.2 Å². The van der Waals surface area contributed by atoms with Crippen molar-refractivity contribution >= 4 is 0 Å². The molecule has 1 aliphatic rings. The van der Waals surface area contributed by atoms with Gasteiger partial charge in [-0.05, 0) is 38.0 Å². The fraction of sp³-hybridized carbons (Fsp3) is 0.571. The van der Waals surface area contributed by atoms with Gasteiger partial charge in [0.2, 0.25) is 0 Å². The first-order valence-electron chi connectivity index (χ1n) is 6.19. The summed E-state index contributed by atoms with van der Waals surface area (Å²) in [5.41, 5.74) is 0.704. The number of β-amino-alcohol motifs (C(OH)–C–C–N with tert-alkyl or cyclic N) is 1. The number of rotatable bonds is 4. The molecule has 0 aromatic heterocycles. The molecule has 0 amide bonds. The van der Waals surface area contributed by atoms with Crippen molar-refractivity contribution in [3.63, 3.8) is 0 Å². The minimum absolute atomic E-state index is 0.511. The standard InChI is InChI=1S/C14H21NO2/c1-12-4-3-5-13(10-12)17-9-8-15-7-6-14(2,16)11-15/h3-5,10,16H,6-9,11H2,1-2H3. The maximum Gasteiger partial charge on any atom is 0.119 e. The number of ether oxygens (including phenoxy) is 1. The molecule has 1 saturated heterocycles. The van der Waals surface area contributed by atoms with Crippen LogP contribution < -0.4 is 4.74 Å². The molecule has 2 rings (SSSR count). The Hall–Kier alpha value is -1.06. The maximum absolute atomic E-state index is 9.84. The van der Waals surface area contributed by atoms with E-state index >= 15 is 0 Å². The van der Waals surface area contributed by atoms with E-state index in [1.807, 2.05) is 25.1 Å². The Balaban J connectivity index is 1.73. The molecule has 0 aliphatic carbocycles. The van der Waals surface area contributed by atoms with E-state index in [0.717, 1.165) is 31.8 Å². The van der Waals surface area contributed by atoms with Gasteiger partial charge in [0.05, 0.1) is 5.60 Å². The van der Waals surface area contributed by atoms with Crippen molar-refractivity contribution in [1.29, 1.82) is 0 Å². The highest BCUT2D eigenvalue weighted by Gasteiger charge is 2.30. The molecule has 0 saturated carbocycles. The van der Waals surface area contributed by atoms with Gasteiger partial charge in [0.15, 0.2) is 0 Å². The first-order chi connectivity index (χ1) is 8.05. The van der Waals surface area contributed by atoms with Crippen molar-refractivity contribution in [1.82, 2.24) is 4.90 Å². The normalized spacial score (nSPS) is 25.1. The summed E-state index contributed by atoms with van der Waals surface area (Å²) in [5.74, 6) is 0.927. The molecule has 1 atom stereocenters. The Morgan fingerprint density at radius 2 is 2.29 bits per heavy atom. The number of nitrogens with zero attached hydrogens (tertiary/aromatic N) is 1. The highest BCUT2D eigenvalue weighted by atomic mass is 16.5. The molecule has 0 radical (unpaired) electrons. The Labute approximate surface area is 103 Å². The first-order valence-corrected chi connectivity index (χ1v) is 6.19. The van der Waals surface area contributed by atoms with Gasteiger partial charge in [-0.25, -0.2) is 0 Å². The molecule has 0 spiro atoms. The SMILES string of the molecule is Cc1cccc(OCCN2CCC(C)(O)C2)c1. The lowest BCUT2D eigenvalue weighted by molar-refractivity contribution is 0.0670. The molecule has 17 heavy (non-hydrogen) atoms. The number of hydrogen-bond acceptors (Lipinski definition) is 3. The van der Waals surface area contributed by atoms with Crippen molar-refractivity contribution in [2.45, 2.75) is 25.9 Å². The second-order valence-corrected chi connectivity index (χ2v) is 5.19. The molecule has 0 bridgehead atoms. The van der Waals surface area contributed by atoms with Gasteiger partial charge in [-0.2, -0.15) is 0 Å². The van der Waals surface area contributed by atoms with Crippen LogP contribution >= 0.6 is 0 Å².